The number of nitrogens with zero attached hydrogens (tertiary/aromatic N) is 4. The van der Waals surface area contributed by atoms with Crippen LogP contribution >= 0.6 is 0 Å². The van der Waals surface area contributed by atoms with Gasteiger partial charge in [0.25, 0.3) is 0 Å². The van der Waals surface area contributed by atoms with E-state index in [0.717, 1.165) is 13.1 Å². The summed E-state index contributed by atoms with van der Waals surface area (Å²) in [6.45, 7) is 5.71. The van der Waals surface area contributed by atoms with Crippen LogP contribution in [0.25, 0.3) is 5.69 Å². The summed E-state index contributed by atoms with van der Waals surface area (Å²) in [6.07, 6.45) is 2.74. The summed E-state index contributed by atoms with van der Waals surface area (Å²) < 4.78 is 20.8. The lowest BCUT2D eigenvalue weighted by molar-refractivity contribution is 0.0209. The molecular weight excluding hydrogens is 327 g/mol. The van der Waals surface area contributed by atoms with E-state index in [9.17, 15) is 9.18 Å². The smallest absolute Gasteiger partial charge is 0.319 e. The molecule has 25 heavy (non-hydrogen) atoms. The number of carbonyl (C=O) groups excluding carboxylic acids is 1. The Hall–Kier alpha value is -2.52. The first-order valence-corrected chi connectivity index (χ1v) is 8.14. The molecule has 9 heteroatoms. The fourth-order valence-electron chi connectivity index (χ4n) is 2.67. The average molecular weight is 348 g/mol. The van der Waals surface area contributed by atoms with Crippen molar-refractivity contribution in [1.82, 2.24) is 25.0 Å². The molecule has 1 atom stereocenters. The third-order valence-corrected chi connectivity index (χ3v) is 4.10. The van der Waals surface area contributed by atoms with Gasteiger partial charge in [0.1, 0.15) is 18.3 Å². The Bertz CT molecular complexity index is 703. The molecule has 1 aliphatic rings. The summed E-state index contributed by atoms with van der Waals surface area (Å²) in [5.41, 5.74) is 0.641. The lowest BCUT2D eigenvalue weighted by Gasteiger charge is -2.32. The number of hydrogen-bond acceptors (Lipinski definition) is 5. The number of morpholine rings is 1. The number of rotatable bonds is 5. The van der Waals surface area contributed by atoms with Gasteiger partial charge in [0.05, 0.1) is 13.2 Å². The predicted octanol–water partition coefficient (Wildman–Crippen LogP) is 1.25. The van der Waals surface area contributed by atoms with Crippen LogP contribution in [0.3, 0.4) is 0 Å². The topological polar surface area (TPSA) is 84.3 Å². The quantitative estimate of drug-likeness (QED) is 0.850. The highest BCUT2D eigenvalue weighted by atomic mass is 19.1. The maximum absolute atomic E-state index is 14.1. The fourth-order valence-corrected chi connectivity index (χ4v) is 2.67. The number of carbonyl (C=O) groups is 1. The van der Waals surface area contributed by atoms with E-state index in [-0.39, 0.29) is 17.8 Å². The largest absolute Gasteiger partial charge is 0.379 e. The zero-order chi connectivity index (χ0) is 17.6. The number of hydrogen-bond donors (Lipinski definition) is 2. The third-order valence-electron chi connectivity index (χ3n) is 4.10. The molecule has 1 saturated heterocycles. The predicted molar refractivity (Wildman–Crippen MR) is 90.2 cm³/mol. The summed E-state index contributed by atoms with van der Waals surface area (Å²) >= 11 is 0. The highest BCUT2D eigenvalue weighted by Crippen LogP contribution is 2.17. The van der Waals surface area contributed by atoms with Crippen LogP contribution in [0.1, 0.15) is 6.92 Å². The number of aromatic nitrogens is 3. The van der Waals surface area contributed by atoms with Crippen molar-refractivity contribution in [1.29, 1.82) is 0 Å². The molecule has 0 radical (unpaired) electrons. The minimum atomic E-state index is -0.495. The summed E-state index contributed by atoms with van der Waals surface area (Å²) in [4.78, 5) is 18.1. The first-order chi connectivity index (χ1) is 12.1. The molecule has 0 bridgehead atoms. The lowest BCUT2D eigenvalue weighted by atomic mass is 10.2. The summed E-state index contributed by atoms with van der Waals surface area (Å²) in [5, 5.41) is 9.33. The van der Waals surface area contributed by atoms with E-state index in [0.29, 0.717) is 25.4 Å². The molecule has 1 aliphatic heterocycles. The van der Waals surface area contributed by atoms with Gasteiger partial charge < -0.3 is 15.4 Å². The Kier molecular flexibility index (Phi) is 5.56. The highest BCUT2D eigenvalue weighted by molar-refractivity contribution is 5.89. The van der Waals surface area contributed by atoms with E-state index in [4.69, 9.17) is 4.74 Å². The molecule has 2 heterocycles. The summed E-state index contributed by atoms with van der Waals surface area (Å²) in [7, 11) is 0. The van der Waals surface area contributed by atoms with Crippen LogP contribution in [-0.4, -0.2) is 64.6 Å². The van der Waals surface area contributed by atoms with Crippen LogP contribution < -0.4 is 10.6 Å². The van der Waals surface area contributed by atoms with E-state index in [1.54, 1.807) is 6.07 Å². The van der Waals surface area contributed by atoms with Crippen molar-refractivity contribution >= 4 is 11.7 Å². The Balaban J connectivity index is 1.51. The van der Waals surface area contributed by atoms with E-state index in [1.807, 2.05) is 0 Å². The third kappa shape index (κ3) is 4.52. The second-order valence-corrected chi connectivity index (χ2v) is 5.84. The minimum absolute atomic E-state index is 0.209. The van der Waals surface area contributed by atoms with Gasteiger partial charge in [-0.05, 0) is 25.1 Å². The maximum Gasteiger partial charge on any atom is 0.319 e. The molecule has 0 aliphatic carbocycles. The number of nitrogens with one attached hydrogen (secondary N) is 2. The van der Waals surface area contributed by atoms with Crippen LogP contribution in [-0.2, 0) is 4.74 Å². The number of benzene rings is 1. The van der Waals surface area contributed by atoms with Gasteiger partial charge in [0.2, 0.25) is 0 Å². The maximum atomic E-state index is 14.1. The van der Waals surface area contributed by atoms with Gasteiger partial charge in [-0.3, -0.25) is 4.90 Å². The molecule has 3 rings (SSSR count). The van der Waals surface area contributed by atoms with Gasteiger partial charge in [-0.2, -0.15) is 5.10 Å². The molecular formula is C16H21FN6O2. The van der Waals surface area contributed by atoms with Gasteiger partial charge in [-0.15, -0.1) is 0 Å². The minimum Gasteiger partial charge on any atom is -0.379 e. The van der Waals surface area contributed by atoms with Crippen molar-refractivity contribution in [2.24, 2.45) is 0 Å². The highest BCUT2D eigenvalue weighted by Gasteiger charge is 2.17. The van der Waals surface area contributed by atoms with Gasteiger partial charge in [0.15, 0.2) is 5.82 Å². The molecule has 8 nitrogen and oxygen atoms in total. The van der Waals surface area contributed by atoms with Crippen LogP contribution in [0.2, 0.25) is 0 Å². The molecule has 2 amide bonds. The number of urea groups is 1. The summed E-state index contributed by atoms with van der Waals surface area (Å²) in [5.74, 6) is -0.495. The SMILES string of the molecule is CC(CNC(=O)Nc1ccc(-n2cncn2)c(F)c1)N1CCOCC1. The second-order valence-electron chi connectivity index (χ2n) is 5.84. The molecule has 0 saturated carbocycles. The van der Waals surface area contributed by atoms with Crippen LogP contribution in [0.5, 0.6) is 0 Å². The van der Waals surface area contributed by atoms with Crippen LogP contribution in [0.4, 0.5) is 14.9 Å². The average Bonchev–Trinajstić information content (AvgIpc) is 3.15. The van der Waals surface area contributed by atoms with Crippen molar-refractivity contribution < 1.29 is 13.9 Å². The molecule has 1 aromatic heterocycles. The van der Waals surface area contributed by atoms with Crippen molar-refractivity contribution in [3.8, 4) is 5.69 Å². The number of ether oxygens (including phenoxy) is 1. The second kappa shape index (κ2) is 8.04. The molecule has 1 aromatic carbocycles. The van der Waals surface area contributed by atoms with Crippen molar-refractivity contribution in [2.75, 3.05) is 38.2 Å². The molecule has 1 fully saturated rings. The Morgan fingerprint density at radius 3 is 2.88 bits per heavy atom. The number of halogens is 1. The van der Waals surface area contributed by atoms with E-state index >= 15 is 0 Å². The molecule has 134 valence electrons. The van der Waals surface area contributed by atoms with Gasteiger partial charge in [-0.25, -0.2) is 18.9 Å². The summed E-state index contributed by atoms with van der Waals surface area (Å²) in [6, 6.07) is 4.25. The zero-order valence-corrected chi connectivity index (χ0v) is 14.0. The monoisotopic (exact) mass is 348 g/mol. The Labute approximate surface area is 145 Å². The first-order valence-electron chi connectivity index (χ1n) is 8.14. The lowest BCUT2D eigenvalue weighted by Crippen LogP contribution is -2.47. The van der Waals surface area contributed by atoms with Gasteiger partial charge in [-0.1, -0.05) is 0 Å². The van der Waals surface area contributed by atoms with Crippen molar-refractivity contribution in [3.63, 3.8) is 0 Å². The standard InChI is InChI=1S/C16H21FN6O2/c1-12(22-4-6-25-7-5-22)9-19-16(24)21-13-2-3-15(14(17)8-13)23-11-18-10-20-23/h2-3,8,10-12H,4-7,9H2,1H3,(H2,19,21,24). The van der Waals surface area contributed by atoms with E-state index < -0.39 is 5.82 Å². The first kappa shape index (κ1) is 17.3. The van der Waals surface area contributed by atoms with Gasteiger partial charge >= 0.3 is 6.03 Å². The molecule has 2 N–H and O–H groups in total. The van der Waals surface area contributed by atoms with E-state index in [1.165, 1.54) is 29.5 Å². The zero-order valence-electron chi connectivity index (χ0n) is 14.0. The van der Waals surface area contributed by atoms with Crippen molar-refractivity contribution in [2.45, 2.75) is 13.0 Å². The number of anilines is 1. The fraction of sp³-hybridized carbons (Fsp3) is 0.438. The Morgan fingerprint density at radius 2 is 2.20 bits per heavy atom. The molecule has 1 unspecified atom stereocenters. The van der Waals surface area contributed by atoms with E-state index in [2.05, 4.69) is 32.5 Å². The Morgan fingerprint density at radius 1 is 1.40 bits per heavy atom. The van der Waals surface area contributed by atoms with Crippen molar-refractivity contribution in [3.05, 3.63) is 36.7 Å². The molecule has 2 aromatic rings. The normalized spacial score (nSPS) is 16.4. The molecule has 0 spiro atoms. The van der Waals surface area contributed by atoms with Crippen LogP contribution in [0.15, 0.2) is 30.9 Å². The number of amides is 2. The van der Waals surface area contributed by atoms with Gasteiger partial charge in [0, 0.05) is 31.4 Å². The van der Waals surface area contributed by atoms with Crippen LogP contribution in [0, 0.1) is 5.82 Å².